The summed E-state index contributed by atoms with van der Waals surface area (Å²) in [4.78, 5) is 16.8. The standard InChI is InChI=1S/C32H46N4O9Si/c1-31(2,3)46(20-14-10-8-11-15-20,21-16-12-9-13-17-21)42-19-22(34-35-33)23(37)18-36(6)24(29(39)40)25(38)26-27-28(30(41-7)43-26)45-32(4,5)44-27/h8-17,22-28,30,37-38H,18-19H2,1-7H3,(H,39,40)/t22-,23+,24+,25+,26-,27-,28-,30-/m1/s1. The van der Waals surface area contributed by atoms with Crippen LogP contribution in [0.4, 0.5) is 0 Å². The van der Waals surface area contributed by atoms with E-state index in [1.807, 2.05) is 60.7 Å². The fourth-order valence-electron chi connectivity index (χ4n) is 6.62. The zero-order valence-electron chi connectivity index (χ0n) is 27.4. The smallest absolute Gasteiger partial charge is 0.323 e. The van der Waals surface area contributed by atoms with E-state index >= 15 is 0 Å². The van der Waals surface area contributed by atoms with Gasteiger partial charge in [0.05, 0.1) is 12.1 Å². The highest BCUT2D eigenvalue weighted by molar-refractivity contribution is 6.99. The third-order valence-electron chi connectivity index (χ3n) is 8.67. The summed E-state index contributed by atoms with van der Waals surface area (Å²) in [7, 11) is -0.154. The van der Waals surface area contributed by atoms with E-state index in [-0.39, 0.29) is 18.2 Å². The minimum atomic E-state index is -3.03. The average molecular weight is 659 g/mol. The molecule has 4 rings (SSSR count). The number of benzene rings is 2. The Morgan fingerprint density at radius 2 is 1.61 bits per heavy atom. The van der Waals surface area contributed by atoms with Gasteiger partial charge in [0.25, 0.3) is 8.32 Å². The maximum absolute atomic E-state index is 12.5. The summed E-state index contributed by atoms with van der Waals surface area (Å²) in [6.07, 6.45) is -6.36. The largest absolute Gasteiger partial charge is 0.480 e. The lowest BCUT2D eigenvalue weighted by Gasteiger charge is -2.44. The predicted molar refractivity (Wildman–Crippen MR) is 172 cm³/mol. The molecule has 0 saturated carbocycles. The van der Waals surface area contributed by atoms with Crippen molar-refractivity contribution in [2.24, 2.45) is 5.11 Å². The molecule has 2 heterocycles. The molecule has 0 aliphatic carbocycles. The average Bonchev–Trinajstić information content (AvgIpc) is 3.49. The van der Waals surface area contributed by atoms with Crippen molar-refractivity contribution in [2.75, 3.05) is 27.3 Å². The molecule has 0 bridgehead atoms. The van der Waals surface area contributed by atoms with Gasteiger partial charge in [0.15, 0.2) is 12.1 Å². The molecule has 0 unspecified atom stereocenters. The number of carboxylic acids is 1. The van der Waals surface area contributed by atoms with Crippen molar-refractivity contribution >= 4 is 24.7 Å². The SMILES string of the molecule is CO[C@@H]1O[C@H]([C@@H](O)[C@@H](C(=O)O)N(C)C[C@H](O)[C@@H](CO[Si](c2ccccc2)(c2ccccc2)C(C)(C)C)N=[N+]=[N-])[C@H]2OC(C)(C)O[C@@H]12. The maximum Gasteiger partial charge on any atom is 0.323 e. The Morgan fingerprint density at radius 3 is 2.09 bits per heavy atom. The van der Waals surface area contributed by atoms with Crippen molar-refractivity contribution in [1.29, 1.82) is 0 Å². The van der Waals surface area contributed by atoms with Crippen molar-refractivity contribution in [3.05, 3.63) is 71.1 Å². The first-order valence-corrected chi connectivity index (χ1v) is 17.2. The Hall–Kier alpha value is -2.88. The predicted octanol–water partition coefficient (Wildman–Crippen LogP) is 2.24. The van der Waals surface area contributed by atoms with E-state index in [4.69, 9.17) is 23.4 Å². The van der Waals surface area contributed by atoms with Gasteiger partial charge in [-0.15, -0.1) is 0 Å². The van der Waals surface area contributed by atoms with Crippen LogP contribution in [0.2, 0.25) is 5.04 Å². The third kappa shape index (κ3) is 7.31. The molecular formula is C32H46N4O9Si. The van der Waals surface area contributed by atoms with Crippen molar-refractivity contribution in [2.45, 2.75) is 94.3 Å². The minimum absolute atomic E-state index is 0.127. The fourth-order valence-corrected chi connectivity index (χ4v) is 11.2. The van der Waals surface area contributed by atoms with E-state index in [1.54, 1.807) is 13.8 Å². The lowest BCUT2D eigenvalue weighted by molar-refractivity contribution is -0.240. The van der Waals surface area contributed by atoms with Crippen molar-refractivity contribution in [3.8, 4) is 0 Å². The molecule has 2 aliphatic rings. The van der Waals surface area contributed by atoms with E-state index in [1.165, 1.54) is 19.1 Å². The molecule has 0 radical (unpaired) electrons. The minimum Gasteiger partial charge on any atom is -0.480 e. The number of hydrogen-bond acceptors (Lipinski definition) is 10. The Morgan fingerprint density at radius 1 is 1.07 bits per heavy atom. The summed E-state index contributed by atoms with van der Waals surface area (Å²) in [5.41, 5.74) is 9.45. The number of carbonyl (C=O) groups is 1. The molecule has 3 N–H and O–H groups in total. The van der Waals surface area contributed by atoms with E-state index in [0.29, 0.717) is 0 Å². The zero-order chi connectivity index (χ0) is 33.9. The highest BCUT2D eigenvalue weighted by Crippen LogP contribution is 2.41. The van der Waals surface area contributed by atoms with Crippen LogP contribution in [0.5, 0.6) is 0 Å². The summed E-state index contributed by atoms with van der Waals surface area (Å²) in [6.45, 7) is 9.35. The van der Waals surface area contributed by atoms with Crippen LogP contribution in [0.3, 0.4) is 0 Å². The number of methoxy groups -OCH3 is 1. The monoisotopic (exact) mass is 658 g/mol. The maximum atomic E-state index is 12.5. The van der Waals surface area contributed by atoms with Gasteiger partial charge in [-0.05, 0) is 41.8 Å². The highest BCUT2D eigenvalue weighted by atomic mass is 28.4. The van der Waals surface area contributed by atoms with Crippen LogP contribution in [-0.4, -0.2) is 116 Å². The van der Waals surface area contributed by atoms with Gasteiger partial charge in [0.2, 0.25) is 0 Å². The molecular weight excluding hydrogens is 612 g/mol. The number of carboxylic acid groups (broad SMARTS) is 1. The number of hydrogen-bond donors (Lipinski definition) is 3. The molecule has 46 heavy (non-hydrogen) atoms. The number of aliphatic carboxylic acids is 1. The number of aliphatic hydroxyl groups excluding tert-OH is 2. The van der Waals surface area contributed by atoms with Crippen LogP contribution in [-0.2, 0) is 28.2 Å². The molecule has 8 atom stereocenters. The summed E-state index contributed by atoms with van der Waals surface area (Å²) in [5, 5.41) is 38.5. The van der Waals surface area contributed by atoms with E-state index in [9.17, 15) is 25.6 Å². The first-order chi connectivity index (χ1) is 21.7. The van der Waals surface area contributed by atoms with Crippen LogP contribution < -0.4 is 10.4 Å². The van der Waals surface area contributed by atoms with Gasteiger partial charge >= 0.3 is 5.97 Å². The summed E-state index contributed by atoms with van der Waals surface area (Å²) < 4.78 is 29.9. The van der Waals surface area contributed by atoms with Gasteiger partial charge in [0.1, 0.15) is 30.5 Å². The van der Waals surface area contributed by atoms with Crippen LogP contribution in [0.1, 0.15) is 34.6 Å². The lowest BCUT2D eigenvalue weighted by Crippen LogP contribution is -2.67. The molecule has 14 heteroatoms. The molecule has 2 aromatic carbocycles. The summed E-state index contributed by atoms with van der Waals surface area (Å²) in [6, 6.07) is 17.2. The third-order valence-corrected chi connectivity index (χ3v) is 13.7. The quantitative estimate of drug-likeness (QED) is 0.118. The number of fused-ring (bicyclic) bond motifs is 1. The Labute approximate surface area is 270 Å². The van der Waals surface area contributed by atoms with E-state index in [2.05, 4.69) is 30.8 Å². The van der Waals surface area contributed by atoms with Gasteiger partial charge in [-0.1, -0.05) is 86.5 Å². The van der Waals surface area contributed by atoms with Crippen LogP contribution in [0, 0.1) is 0 Å². The van der Waals surface area contributed by atoms with Gasteiger partial charge in [-0.3, -0.25) is 9.69 Å². The van der Waals surface area contributed by atoms with Crippen LogP contribution in [0.25, 0.3) is 10.4 Å². The Bertz CT molecular complexity index is 1320. The number of azide groups is 1. The molecule has 2 fully saturated rings. The normalized spacial score (nSPS) is 25.3. The molecule has 0 amide bonds. The van der Waals surface area contributed by atoms with Crippen LogP contribution >= 0.6 is 0 Å². The first-order valence-electron chi connectivity index (χ1n) is 15.3. The van der Waals surface area contributed by atoms with Gasteiger partial charge < -0.3 is 38.7 Å². The summed E-state index contributed by atoms with van der Waals surface area (Å²) >= 11 is 0. The molecule has 2 saturated heterocycles. The van der Waals surface area contributed by atoms with Crippen molar-refractivity contribution in [3.63, 3.8) is 0 Å². The lowest BCUT2D eigenvalue weighted by atomic mass is 9.98. The number of rotatable bonds is 14. The molecule has 2 aromatic rings. The summed E-state index contributed by atoms with van der Waals surface area (Å²) in [5.74, 6) is -2.33. The van der Waals surface area contributed by atoms with E-state index < -0.39 is 69.0 Å². The fraction of sp³-hybridized carbons (Fsp3) is 0.594. The number of likely N-dealkylation sites (N-methyl/N-ethyl adjacent to an activating group) is 1. The molecule has 0 spiro atoms. The van der Waals surface area contributed by atoms with Gasteiger partial charge in [-0.25, -0.2) is 0 Å². The second-order valence-electron chi connectivity index (χ2n) is 13.3. The molecule has 13 nitrogen and oxygen atoms in total. The number of ether oxygens (including phenoxy) is 4. The molecule has 0 aromatic heterocycles. The highest BCUT2D eigenvalue weighted by Gasteiger charge is 2.59. The topological polar surface area (TPSA) is 176 Å². The second kappa shape index (κ2) is 14.5. The second-order valence-corrected chi connectivity index (χ2v) is 17.6. The first kappa shape index (κ1) is 36.0. The Kier molecular flexibility index (Phi) is 11.3. The Balaban J connectivity index is 1.56. The number of aliphatic hydroxyl groups is 2. The van der Waals surface area contributed by atoms with Gasteiger partial charge in [-0.2, -0.15) is 0 Å². The molecule has 2 aliphatic heterocycles. The van der Waals surface area contributed by atoms with Gasteiger partial charge in [0, 0.05) is 25.2 Å². The van der Waals surface area contributed by atoms with Crippen molar-refractivity contribution in [1.82, 2.24) is 4.90 Å². The molecule has 252 valence electrons. The van der Waals surface area contributed by atoms with Crippen molar-refractivity contribution < 1.29 is 43.5 Å². The number of nitrogens with zero attached hydrogens (tertiary/aromatic N) is 4. The van der Waals surface area contributed by atoms with E-state index in [0.717, 1.165) is 10.4 Å². The zero-order valence-corrected chi connectivity index (χ0v) is 28.4. The van der Waals surface area contributed by atoms with Crippen LogP contribution in [0.15, 0.2) is 65.8 Å².